The molecule has 1 saturated heterocycles. The van der Waals surface area contributed by atoms with Gasteiger partial charge in [-0.1, -0.05) is 13.8 Å². The summed E-state index contributed by atoms with van der Waals surface area (Å²) in [7, 11) is 0. The summed E-state index contributed by atoms with van der Waals surface area (Å²) in [5.41, 5.74) is 1.16. The van der Waals surface area contributed by atoms with Gasteiger partial charge >= 0.3 is 0 Å². The molecular weight excluding hydrogens is 214 g/mol. The van der Waals surface area contributed by atoms with Gasteiger partial charge in [-0.25, -0.2) is 0 Å². The lowest BCUT2D eigenvalue weighted by Gasteiger charge is -2.29. The Morgan fingerprint density at radius 3 is 2.88 bits per heavy atom. The van der Waals surface area contributed by atoms with Crippen LogP contribution in [0.25, 0.3) is 0 Å². The molecule has 0 bridgehead atoms. The molecule has 0 aromatic carbocycles. The molecule has 0 amide bonds. The molecule has 0 spiro atoms. The third-order valence-electron chi connectivity index (χ3n) is 3.36. The Morgan fingerprint density at radius 2 is 2.29 bits per heavy atom. The Kier molecular flexibility index (Phi) is 3.43. The number of aromatic nitrogens is 1. The minimum Gasteiger partial charge on any atom is -0.432 e. The third kappa shape index (κ3) is 2.80. The van der Waals surface area contributed by atoms with E-state index in [1.807, 2.05) is 0 Å². The van der Waals surface area contributed by atoms with Crippen molar-refractivity contribution in [2.45, 2.75) is 58.7 Å². The Balaban J connectivity index is 2.03. The summed E-state index contributed by atoms with van der Waals surface area (Å²) in [5.74, 6) is 0. The van der Waals surface area contributed by atoms with Crippen molar-refractivity contribution in [2.75, 3.05) is 11.4 Å². The maximum atomic E-state index is 5.59. The average Bonchev–Trinajstić information content (AvgIpc) is 2.80. The van der Waals surface area contributed by atoms with E-state index >= 15 is 0 Å². The largest absolute Gasteiger partial charge is 0.432 e. The van der Waals surface area contributed by atoms with E-state index in [0.29, 0.717) is 6.04 Å². The maximum Gasteiger partial charge on any atom is 0.297 e. The summed E-state index contributed by atoms with van der Waals surface area (Å²) in [4.78, 5) is 6.83. The molecule has 4 nitrogen and oxygen atoms in total. The Labute approximate surface area is 103 Å². The quantitative estimate of drug-likeness (QED) is 0.873. The number of nitrogens with zero attached hydrogens (tertiary/aromatic N) is 2. The van der Waals surface area contributed by atoms with Crippen LogP contribution in [0.2, 0.25) is 0 Å². The van der Waals surface area contributed by atoms with Crippen LogP contribution >= 0.6 is 0 Å². The first kappa shape index (κ1) is 12.4. The summed E-state index contributed by atoms with van der Waals surface area (Å²) in [6.45, 7) is 10.6. The number of hydrogen-bond acceptors (Lipinski definition) is 4. The van der Waals surface area contributed by atoms with Crippen molar-refractivity contribution in [3.05, 3.63) is 12.0 Å². The van der Waals surface area contributed by atoms with Gasteiger partial charge in [0.1, 0.15) is 6.26 Å². The highest BCUT2D eigenvalue weighted by atomic mass is 16.4. The topological polar surface area (TPSA) is 41.3 Å². The lowest BCUT2D eigenvalue weighted by Crippen LogP contribution is -2.38. The van der Waals surface area contributed by atoms with Crippen LogP contribution in [0.4, 0.5) is 6.01 Å². The van der Waals surface area contributed by atoms with Gasteiger partial charge in [-0.2, -0.15) is 4.98 Å². The van der Waals surface area contributed by atoms with Crippen molar-refractivity contribution < 1.29 is 4.42 Å². The fourth-order valence-electron chi connectivity index (χ4n) is 2.27. The Hall–Kier alpha value is -1.03. The van der Waals surface area contributed by atoms with Gasteiger partial charge in [0.25, 0.3) is 6.01 Å². The monoisotopic (exact) mass is 237 g/mol. The molecule has 1 N–H and O–H groups in total. The normalized spacial score (nSPS) is 19.2. The highest BCUT2D eigenvalue weighted by Gasteiger charge is 2.34. The molecule has 17 heavy (non-hydrogen) atoms. The molecule has 1 aromatic heterocycles. The molecule has 2 rings (SSSR count). The Bertz CT molecular complexity index is 370. The van der Waals surface area contributed by atoms with E-state index in [4.69, 9.17) is 4.42 Å². The van der Waals surface area contributed by atoms with Crippen LogP contribution in [0.1, 0.15) is 46.2 Å². The molecule has 1 fully saturated rings. The summed E-state index contributed by atoms with van der Waals surface area (Å²) in [6.07, 6.45) is 4.18. The Morgan fingerprint density at radius 1 is 1.53 bits per heavy atom. The minimum absolute atomic E-state index is 0.174. The van der Waals surface area contributed by atoms with Crippen LogP contribution in [0, 0.1) is 0 Å². The van der Waals surface area contributed by atoms with E-state index in [2.05, 4.69) is 42.9 Å². The molecule has 2 heterocycles. The first-order chi connectivity index (χ1) is 7.99. The lowest BCUT2D eigenvalue weighted by molar-refractivity contribution is 0.458. The molecule has 96 valence electrons. The highest BCUT2D eigenvalue weighted by molar-refractivity contribution is 5.34. The number of anilines is 1. The first-order valence-corrected chi connectivity index (χ1v) is 6.44. The van der Waals surface area contributed by atoms with Crippen LogP contribution < -0.4 is 10.2 Å². The van der Waals surface area contributed by atoms with E-state index in [1.54, 1.807) is 6.26 Å². The summed E-state index contributed by atoms with van der Waals surface area (Å²) in [6, 6.07) is 1.24. The predicted octanol–water partition coefficient (Wildman–Crippen LogP) is 2.55. The smallest absolute Gasteiger partial charge is 0.297 e. The predicted molar refractivity (Wildman–Crippen MR) is 69.1 cm³/mol. The van der Waals surface area contributed by atoms with Crippen LogP contribution in [0.3, 0.4) is 0 Å². The number of hydrogen-bond donors (Lipinski definition) is 1. The number of nitrogens with one attached hydrogen (secondary N) is 1. The van der Waals surface area contributed by atoms with E-state index < -0.39 is 0 Å². The van der Waals surface area contributed by atoms with Crippen LogP contribution in [-0.2, 0) is 6.54 Å². The lowest BCUT2D eigenvalue weighted by atomic mass is 10.0. The second-order valence-electron chi connectivity index (χ2n) is 5.72. The molecule has 1 aliphatic heterocycles. The van der Waals surface area contributed by atoms with Crippen LogP contribution in [-0.4, -0.2) is 23.1 Å². The minimum atomic E-state index is 0.174. The SMILES string of the molecule is CC(C)NCc1coc(N2CCCC2(C)C)n1. The van der Waals surface area contributed by atoms with Crippen molar-refractivity contribution in [1.29, 1.82) is 0 Å². The van der Waals surface area contributed by atoms with Gasteiger partial charge in [0, 0.05) is 24.7 Å². The average molecular weight is 237 g/mol. The van der Waals surface area contributed by atoms with Crippen molar-refractivity contribution in [3.8, 4) is 0 Å². The second kappa shape index (κ2) is 4.69. The van der Waals surface area contributed by atoms with Crippen LogP contribution in [0.15, 0.2) is 10.7 Å². The van der Waals surface area contributed by atoms with Gasteiger partial charge < -0.3 is 14.6 Å². The summed E-state index contributed by atoms with van der Waals surface area (Å²) in [5, 5.41) is 3.35. The van der Waals surface area contributed by atoms with Crippen molar-refractivity contribution in [3.63, 3.8) is 0 Å². The molecular formula is C13H23N3O. The van der Waals surface area contributed by atoms with Gasteiger partial charge in [0.05, 0.1) is 5.69 Å². The molecule has 0 saturated carbocycles. The molecule has 0 aliphatic carbocycles. The van der Waals surface area contributed by atoms with Gasteiger partial charge in [0.2, 0.25) is 0 Å². The van der Waals surface area contributed by atoms with Crippen molar-refractivity contribution >= 4 is 6.01 Å². The molecule has 0 atom stereocenters. The third-order valence-corrected chi connectivity index (χ3v) is 3.36. The van der Waals surface area contributed by atoms with Gasteiger partial charge in [0.15, 0.2) is 0 Å². The standard InChI is InChI=1S/C13H23N3O/c1-10(2)14-8-11-9-17-12(15-11)16-7-5-6-13(16,3)4/h9-10,14H,5-8H2,1-4H3. The fraction of sp³-hybridized carbons (Fsp3) is 0.769. The molecule has 1 aromatic rings. The van der Waals surface area contributed by atoms with Gasteiger partial charge in [-0.05, 0) is 26.7 Å². The van der Waals surface area contributed by atoms with Gasteiger partial charge in [-0.3, -0.25) is 0 Å². The zero-order chi connectivity index (χ0) is 12.5. The van der Waals surface area contributed by atoms with Gasteiger partial charge in [-0.15, -0.1) is 0 Å². The molecule has 0 unspecified atom stereocenters. The van der Waals surface area contributed by atoms with E-state index in [0.717, 1.165) is 24.8 Å². The van der Waals surface area contributed by atoms with E-state index in [1.165, 1.54) is 12.8 Å². The second-order valence-corrected chi connectivity index (χ2v) is 5.72. The zero-order valence-corrected chi connectivity index (χ0v) is 11.3. The highest BCUT2D eigenvalue weighted by Crippen LogP contribution is 2.32. The van der Waals surface area contributed by atoms with E-state index in [-0.39, 0.29) is 5.54 Å². The molecule has 1 aliphatic rings. The maximum absolute atomic E-state index is 5.59. The zero-order valence-electron chi connectivity index (χ0n) is 11.3. The number of oxazole rings is 1. The van der Waals surface area contributed by atoms with Crippen molar-refractivity contribution in [2.24, 2.45) is 0 Å². The first-order valence-electron chi connectivity index (χ1n) is 6.44. The number of rotatable bonds is 4. The van der Waals surface area contributed by atoms with Crippen LogP contribution in [0.5, 0.6) is 0 Å². The fourth-order valence-corrected chi connectivity index (χ4v) is 2.27. The summed E-state index contributed by atoms with van der Waals surface area (Å²) < 4.78 is 5.59. The molecule has 4 heteroatoms. The van der Waals surface area contributed by atoms with E-state index in [9.17, 15) is 0 Å². The summed E-state index contributed by atoms with van der Waals surface area (Å²) >= 11 is 0. The molecule has 0 radical (unpaired) electrons. The van der Waals surface area contributed by atoms with Crippen molar-refractivity contribution in [1.82, 2.24) is 10.3 Å².